The normalized spacial score (nSPS) is 23.9. The predicted molar refractivity (Wildman–Crippen MR) is 89.9 cm³/mol. The van der Waals surface area contributed by atoms with E-state index in [4.69, 9.17) is 15.2 Å². The molecule has 2 unspecified atom stereocenters. The van der Waals surface area contributed by atoms with Gasteiger partial charge in [0, 0.05) is 31.6 Å². The average Bonchev–Trinajstić information content (AvgIpc) is 2.95. The van der Waals surface area contributed by atoms with Crippen molar-refractivity contribution >= 4 is 0 Å². The van der Waals surface area contributed by atoms with Gasteiger partial charge in [0.1, 0.15) is 13.2 Å². The lowest BCUT2D eigenvalue weighted by Gasteiger charge is -2.21. The van der Waals surface area contributed by atoms with E-state index in [2.05, 4.69) is 47.4 Å². The van der Waals surface area contributed by atoms with Crippen LogP contribution < -0.4 is 15.2 Å². The van der Waals surface area contributed by atoms with E-state index in [1.165, 1.54) is 11.1 Å². The largest absolute Gasteiger partial charge is 0.486 e. The third-order valence-corrected chi connectivity index (χ3v) is 4.68. The number of hydrogen-bond donors (Lipinski definition) is 1. The lowest BCUT2D eigenvalue weighted by atomic mass is 9.94. The Hall–Kier alpha value is -2.04. The molecule has 2 aromatic rings. The van der Waals surface area contributed by atoms with E-state index < -0.39 is 0 Å². The van der Waals surface area contributed by atoms with Crippen LogP contribution in [0.4, 0.5) is 0 Å². The second-order valence-electron chi connectivity index (χ2n) is 6.35. The molecule has 2 heterocycles. The van der Waals surface area contributed by atoms with E-state index in [9.17, 15) is 0 Å². The van der Waals surface area contributed by atoms with E-state index in [0.717, 1.165) is 31.1 Å². The summed E-state index contributed by atoms with van der Waals surface area (Å²) in [7, 11) is 0. The van der Waals surface area contributed by atoms with Crippen molar-refractivity contribution in [1.29, 1.82) is 0 Å². The second kappa shape index (κ2) is 6.22. The number of likely N-dealkylation sites (tertiary alicyclic amines) is 1. The van der Waals surface area contributed by atoms with E-state index in [-0.39, 0.29) is 6.04 Å². The lowest BCUT2D eigenvalue weighted by molar-refractivity contribution is 0.171. The number of ether oxygens (including phenoxy) is 2. The molecule has 0 aliphatic carbocycles. The number of nitrogens with two attached hydrogens (primary N) is 1. The first-order valence-electron chi connectivity index (χ1n) is 8.21. The zero-order chi connectivity index (χ0) is 15.6. The Morgan fingerprint density at radius 2 is 1.74 bits per heavy atom. The van der Waals surface area contributed by atoms with Crippen LogP contribution in [-0.2, 0) is 6.54 Å². The lowest BCUT2D eigenvalue weighted by Crippen LogP contribution is -2.28. The molecule has 4 nitrogen and oxygen atoms in total. The molecule has 2 aromatic carbocycles. The maximum atomic E-state index is 6.42. The molecule has 2 N–H and O–H groups in total. The Kier molecular flexibility index (Phi) is 3.93. The zero-order valence-corrected chi connectivity index (χ0v) is 13.2. The number of fused-ring (bicyclic) bond motifs is 1. The number of hydrogen-bond acceptors (Lipinski definition) is 4. The first-order valence-corrected chi connectivity index (χ1v) is 8.21. The molecule has 1 saturated heterocycles. The van der Waals surface area contributed by atoms with E-state index >= 15 is 0 Å². The van der Waals surface area contributed by atoms with Crippen molar-refractivity contribution in [3.63, 3.8) is 0 Å². The highest BCUT2D eigenvalue weighted by atomic mass is 16.6. The summed E-state index contributed by atoms with van der Waals surface area (Å²) in [6.07, 6.45) is 0. The van der Waals surface area contributed by atoms with Gasteiger partial charge in [0.05, 0.1) is 0 Å². The first kappa shape index (κ1) is 14.5. The van der Waals surface area contributed by atoms with Crippen molar-refractivity contribution in [1.82, 2.24) is 4.90 Å². The van der Waals surface area contributed by atoms with Gasteiger partial charge in [0.15, 0.2) is 11.5 Å². The van der Waals surface area contributed by atoms with Crippen LogP contribution in [0.5, 0.6) is 11.5 Å². The van der Waals surface area contributed by atoms with Crippen LogP contribution in [0, 0.1) is 0 Å². The quantitative estimate of drug-likeness (QED) is 0.945. The molecule has 1 fully saturated rings. The average molecular weight is 310 g/mol. The van der Waals surface area contributed by atoms with Crippen molar-refractivity contribution in [2.75, 3.05) is 26.3 Å². The van der Waals surface area contributed by atoms with Gasteiger partial charge in [-0.25, -0.2) is 0 Å². The van der Waals surface area contributed by atoms with Crippen molar-refractivity contribution in [3.8, 4) is 11.5 Å². The van der Waals surface area contributed by atoms with Gasteiger partial charge in [0.25, 0.3) is 0 Å². The molecule has 4 rings (SSSR count). The van der Waals surface area contributed by atoms with Gasteiger partial charge in [0.2, 0.25) is 0 Å². The van der Waals surface area contributed by atoms with Crippen LogP contribution in [-0.4, -0.2) is 37.2 Å². The van der Waals surface area contributed by atoms with Gasteiger partial charge in [-0.2, -0.15) is 0 Å². The first-order chi connectivity index (χ1) is 11.3. The fourth-order valence-corrected chi connectivity index (χ4v) is 3.53. The monoisotopic (exact) mass is 310 g/mol. The Morgan fingerprint density at radius 3 is 2.57 bits per heavy atom. The zero-order valence-electron chi connectivity index (χ0n) is 13.2. The summed E-state index contributed by atoms with van der Waals surface area (Å²) in [5, 5.41) is 0. The number of rotatable bonds is 3. The fourth-order valence-electron chi connectivity index (χ4n) is 3.53. The molecule has 2 aliphatic rings. The molecule has 23 heavy (non-hydrogen) atoms. The van der Waals surface area contributed by atoms with Crippen molar-refractivity contribution in [3.05, 3.63) is 59.7 Å². The molecule has 0 radical (unpaired) electrons. The Labute approximate surface area is 136 Å². The molecule has 0 spiro atoms. The van der Waals surface area contributed by atoms with Gasteiger partial charge >= 0.3 is 0 Å². The standard InChI is InChI=1S/C19H22N2O2/c20-17-13-21(11-14-4-2-1-3-5-14)12-16(17)15-6-7-18-19(10-15)23-9-8-22-18/h1-7,10,16-17H,8-9,11-13,20H2. The molecule has 0 saturated carbocycles. The number of benzene rings is 2. The number of nitrogens with zero attached hydrogens (tertiary/aromatic N) is 1. The highest BCUT2D eigenvalue weighted by Gasteiger charge is 2.32. The van der Waals surface area contributed by atoms with Crippen molar-refractivity contribution < 1.29 is 9.47 Å². The molecule has 0 bridgehead atoms. The van der Waals surface area contributed by atoms with Crippen LogP contribution in [0.3, 0.4) is 0 Å². The minimum Gasteiger partial charge on any atom is -0.486 e. The summed E-state index contributed by atoms with van der Waals surface area (Å²) in [5.74, 6) is 2.03. The molecular formula is C19H22N2O2. The summed E-state index contributed by atoms with van der Waals surface area (Å²) >= 11 is 0. The smallest absolute Gasteiger partial charge is 0.161 e. The van der Waals surface area contributed by atoms with E-state index in [1.807, 2.05) is 6.07 Å². The third-order valence-electron chi connectivity index (χ3n) is 4.68. The maximum absolute atomic E-state index is 6.42. The van der Waals surface area contributed by atoms with Crippen LogP contribution in [0.1, 0.15) is 17.0 Å². The molecule has 2 atom stereocenters. The summed E-state index contributed by atoms with van der Waals surface area (Å²) in [6.45, 7) is 4.10. The van der Waals surface area contributed by atoms with E-state index in [1.54, 1.807) is 0 Å². The van der Waals surface area contributed by atoms with Gasteiger partial charge in [-0.05, 0) is 23.3 Å². The molecule has 4 heteroatoms. The SMILES string of the molecule is NC1CN(Cc2ccccc2)CC1c1ccc2c(c1)OCCO2. The van der Waals surface area contributed by atoms with Gasteiger partial charge in [-0.3, -0.25) is 4.90 Å². The minimum absolute atomic E-state index is 0.154. The van der Waals surface area contributed by atoms with Gasteiger partial charge in [-0.1, -0.05) is 36.4 Å². The van der Waals surface area contributed by atoms with Crippen molar-refractivity contribution in [2.24, 2.45) is 5.73 Å². The summed E-state index contributed by atoms with van der Waals surface area (Å²) in [5.41, 5.74) is 9.00. The highest BCUT2D eigenvalue weighted by Crippen LogP contribution is 2.35. The molecule has 0 aromatic heterocycles. The minimum atomic E-state index is 0.154. The van der Waals surface area contributed by atoms with Crippen LogP contribution in [0.25, 0.3) is 0 Å². The predicted octanol–water partition coefficient (Wildman–Crippen LogP) is 2.38. The summed E-state index contributed by atoms with van der Waals surface area (Å²) < 4.78 is 11.3. The Morgan fingerprint density at radius 1 is 0.957 bits per heavy atom. The summed E-state index contributed by atoms with van der Waals surface area (Å²) in [4.78, 5) is 2.43. The summed E-state index contributed by atoms with van der Waals surface area (Å²) in [6, 6.07) is 17.0. The molecule has 120 valence electrons. The van der Waals surface area contributed by atoms with Crippen molar-refractivity contribution in [2.45, 2.75) is 18.5 Å². The highest BCUT2D eigenvalue weighted by molar-refractivity contribution is 5.45. The second-order valence-corrected chi connectivity index (χ2v) is 6.35. The van der Waals surface area contributed by atoms with E-state index in [0.29, 0.717) is 19.1 Å². The molecule has 2 aliphatic heterocycles. The maximum Gasteiger partial charge on any atom is 0.161 e. The third kappa shape index (κ3) is 3.05. The molecule has 0 amide bonds. The van der Waals surface area contributed by atoms with Crippen LogP contribution in [0.15, 0.2) is 48.5 Å². The molecular weight excluding hydrogens is 288 g/mol. The Balaban J connectivity index is 1.49. The topological polar surface area (TPSA) is 47.7 Å². The van der Waals surface area contributed by atoms with Gasteiger partial charge < -0.3 is 15.2 Å². The Bertz CT molecular complexity index is 674. The van der Waals surface area contributed by atoms with Crippen LogP contribution >= 0.6 is 0 Å². The van der Waals surface area contributed by atoms with Crippen LogP contribution in [0.2, 0.25) is 0 Å². The fraction of sp³-hybridized carbons (Fsp3) is 0.368. The van der Waals surface area contributed by atoms with Gasteiger partial charge in [-0.15, -0.1) is 0 Å².